The fourth-order valence-corrected chi connectivity index (χ4v) is 4.14. The molecule has 0 aliphatic carbocycles. The van der Waals surface area contributed by atoms with E-state index in [2.05, 4.69) is 9.97 Å². The highest BCUT2D eigenvalue weighted by molar-refractivity contribution is 5.78. The Bertz CT molecular complexity index is 1020. The molecule has 4 rings (SSSR count). The van der Waals surface area contributed by atoms with Crippen molar-refractivity contribution in [1.82, 2.24) is 19.8 Å². The number of carbonyl (C=O) groups excluding carboxylic acids is 1. The van der Waals surface area contributed by atoms with Crippen LogP contribution >= 0.6 is 0 Å². The van der Waals surface area contributed by atoms with Crippen molar-refractivity contribution in [3.63, 3.8) is 0 Å². The molecule has 1 amide bonds. The molecule has 3 aromatic rings. The summed E-state index contributed by atoms with van der Waals surface area (Å²) in [6.45, 7) is 2.45. The van der Waals surface area contributed by atoms with E-state index in [1.807, 2.05) is 59.3 Å². The Kier molecular flexibility index (Phi) is 7.17. The van der Waals surface area contributed by atoms with Crippen LogP contribution in [0.2, 0.25) is 0 Å². The van der Waals surface area contributed by atoms with E-state index in [9.17, 15) is 4.79 Å². The van der Waals surface area contributed by atoms with E-state index in [1.54, 1.807) is 19.5 Å². The number of hydrogen-bond acceptors (Lipinski definition) is 6. The van der Waals surface area contributed by atoms with E-state index >= 15 is 0 Å². The Balaban J connectivity index is 1.33. The lowest BCUT2D eigenvalue weighted by atomic mass is 9.98. The van der Waals surface area contributed by atoms with Crippen LogP contribution in [0.3, 0.4) is 0 Å². The first-order valence-corrected chi connectivity index (χ1v) is 11.0. The monoisotopic (exact) mass is 434 g/mol. The second-order valence-corrected chi connectivity index (χ2v) is 8.37. The van der Waals surface area contributed by atoms with Crippen LogP contribution < -0.4 is 4.74 Å². The summed E-state index contributed by atoms with van der Waals surface area (Å²) in [4.78, 5) is 25.7. The highest BCUT2D eigenvalue weighted by Gasteiger charge is 2.28. The highest BCUT2D eigenvalue weighted by atomic mass is 16.5. The topological polar surface area (TPSA) is 71.7 Å². The van der Waals surface area contributed by atoms with E-state index in [4.69, 9.17) is 9.15 Å². The number of hydrogen-bond donors (Lipinski definition) is 0. The van der Waals surface area contributed by atoms with Gasteiger partial charge in [0.1, 0.15) is 11.5 Å². The zero-order valence-corrected chi connectivity index (χ0v) is 18.7. The number of likely N-dealkylation sites (N-methyl/N-ethyl adjacent to an activating group) is 1. The van der Waals surface area contributed by atoms with Crippen molar-refractivity contribution in [3.8, 4) is 5.75 Å². The van der Waals surface area contributed by atoms with Gasteiger partial charge < -0.3 is 14.1 Å². The number of pyridine rings is 1. The van der Waals surface area contributed by atoms with Gasteiger partial charge in [-0.3, -0.25) is 14.7 Å². The molecule has 1 aliphatic heterocycles. The van der Waals surface area contributed by atoms with E-state index in [0.29, 0.717) is 26.1 Å². The fourth-order valence-electron chi connectivity index (χ4n) is 4.14. The molecule has 1 atom stereocenters. The van der Waals surface area contributed by atoms with Gasteiger partial charge in [0.05, 0.1) is 31.5 Å². The van der Waals surface area contributed by atoms with Crippen molar-refractivity contribution in [2.45, 2.75) is 31.7 Å². The second kappa shape index (κ2) is 10.4. The summed E-state index contributed by atoms with van der Waals surface area (Å²) in [5.41, 5.74) is 2.08. The van der Waals surface area contributed by atoms with Crippen molar-refractivity contribution >= 4 is 5.91 Å². The lowest BCUT2D eigenvalue weighted by Gasteiger charge is -2.32. The van der Waals surface area contributed by atoms with Gasteiger partial charge >= 0.3 is 0 Å². The first kappa shape index (κ1) is 22.0. The first-order chi connectivity index (χ1) is 15.6. The lowest BCUT2D eigenvalue weighted by molar-refractivity contribution is -0.133. The molecule has 1 saturated heterocycles. The Labute approximate surface area is 189 Å². The number of benzene rings is 1. The third kappa shape index (κ3) is 5.73. The molecule has 1 unspecified atom stereocenters. The molecule has 2 aromatic heterocycles. The van der Waals surface area contributed by atoms with Gasteiger partial charge in [-0.1, -0.05) is 18.2 Å². The molecule has 0 bridgehead atoms. The van der Waals surface area contributed by atoms with Crippen LogP contribution in [0.25, 0.3) is 0 Å². The van der Waals surface area contributed by atoms with Crippen molar-refractivity contribution in [1.29, 1.82) is 0 Å². The number of nitrogens with zero attached hydrogens (tertiary/aromatic N) is 4. The number of amides is 1. The van der Waals surface area contributed by atoms with Crippen LogP contribution in [0.5, 0.6) is 5.75 Å². The third-order valence-corrected chi connectivity index (χ3v) is 5.77. The third-order valence-electron chi connectivity index (χ3n) is 5.77. The molecule has 0 N–H and O–H groups in total. The van der Waals surface area contributed by atoms with Gasteiger partial charge in [-0.05, 0) is 49.7 Å². The molecule has 1 fully saturated rings. The molecule has 1 aromatic carbocycles. The van der Waals surface area contributed by atoms with Crippen molar-refractivity contribution in [3.05, 3.63) is 77.8 Å². The minimum atomic E-state index is 0.132. The van der Waals surface area contributed by atoms with Crippen molar-refractivity contribution < 1.29 is 13.9 Å². The Morgan fingerprint density at radius 3 is 2.97 bits per heavy atom. The van der Waals surface area contributed by atoms with E-state index < -0.39 is 0 Å². The Morgan fingerprint density at radius 1 is 1.25 bits per heavy atom. The van der Waals surface area contributed by atoms with Crippen LogP contribution in [0.1, 0.15) is 41.7 Å². The Hall–Kier alpha value is -3.19. The highest BCUT2D eigenvalue weighted by Crippen LogP contribution is 2.27. The molecule has 32 heavy (non-hydrogen) atoms. The number of aromatic nitrogens is 2. The molecule has 0 spiro atoms. The predicted molar refractivity (Wildman–Crippen MR) is 121 cm³/mol. The van der Waals surface area contributed by atoms with Crippen molar-refractivity contribution in [2.24, 2.45) is 0 Å². The number of ether oxygens (including phenoxy) is 1. The largest absolute Gasteiger partial charge is 0.497 e. The van der Waals surface area contributed by atoms with Crippen molar-refractivity contribution in [2.75, 3.05) is 33.8 Å². The normalized spacial score (nSPS) is 16.3. The smallest absolute Gasteiger partial charge is 0.236 e. The van der Waals surface area contributed by atoms with Gasteiger partial charge in [-0.25, -0.2) is 4.98 Å². The molecule has 3 heterocycles. The molecule has 0 radical (unpaired) electrons. The maximum absolute atomic E-state index is 12.9. The van der Waals surface area contributed by atoms with Crippen LogP contribution in [0, 0.1) is 0 Å². The zero-order chi connectivity index (χ0) is 22.3. The van der Waals surface area contributed by atoms with Gasteiger partial charge in [-0.2, -0.15) is 0 Å². The fraction of sp³-hybridized carbons (Fsp3) is 0.400. The van der Waals surface area contributed by atoms with Gasteiger partial charge in [0.15, 0.2) is 5.89 Å². The number of methoxy groups -OCH3 is 1. The number of piperidine rings is 1. The maximum Gasteiger partial charge on any atom is 0.236 e. The second-order valence-electron chi connectivity index (χ2n) is 8.37. The SMILES string of the molecule is COc1cccc(Cc2cnc(C3CCCN(C(=O)CN(C)Cc4ccccn4)C3)o2)c1. The van der Waals surface area contributed by atoms with Gasteiger partial charge in [0.2, 0.25) is 5.91 Å². The molecular weight excluding hydrogens is 404 g/mol. The summed E-state index contributed by atoms with van der Waals surface area (Å²) in [7, 11) is 3.62. The molecule has 7 heteroatoms. The summed E-state index contributed by atoms with van der Waals surface area (Å²) >= 11 is 0. The lowest BCUT2D eigenvalue weighted by Crippen LogP contribution is -2.43. The summed E-state index contributed by atoms with van der Waals surface area (Å²) in [6.07, 6.45) is 6.17. The van der Waals surface area contributed by atoms with Gasteiger partial charge in [-0.15, -0.1) is 0 Å². The molecule has 168 valence electrons. The molecular formula is C25H30N4O3. The quantitative estimate of drug-likeness (QED) is 0.540. The first-order valence-electron chi connectivity index (χ1n) is 11.0. The van der Waals surface area contributed by atoms with Crippen LogP contribution in [0.15, 0.2) is 59.3 Å². The summed E-state index contributed by atoms with van der Waals surface area (Å²) in [5.74, 6) is 2.65. The van der Waals surface area contributed by atoms with E-state index in [1.165, 1.54) is 0 Å². The number of oxazole rings is 1. The Morgan fingerprint density at radius 2 is 2.16 bits per heavy atom. The van der Waals surface area contributed by atoms with E-state index in [0.717, 1.165) is 48.0 Å². The number of carbonyl (C=O) groups is 1. The molecule has 0 saturated carbocycles. The average Bonchev–Trinajstić information content (AvgIpc) is 3.28. The maximum atomic E-state index is 12.9. The average molecular weight is 435 g/mol. The van der Waals surface area contributed by atoms with Gasteiger partial charge in [0, 0.05) is 32.3 Å². The van der Waals surface area contributed by atoms with Gasteiger partial charge in [0.25, 0.3) is 0 Å². The summed E-state index contributed by atoms with van der Waals surface area (Å²) in [6, 6.07) is 13.8. The number of likely N-dealkylation sites (tertiary alicyclic amines) is 1. The summed E-state index contributed by atoms with van der Waals surface area (Å²) in [5, 5.41) is 0. The minimum Gasteiger partial charge on any atom is -0.497 e. The van der Waals surface area contributed by atoms with E-state index in [-0.39, 0.29) is 11.8 Å². The predicted octanol–water partition coefficient (Wildman–Crippen LogP) is 3.51. The van der Waals surface area contributed by atoms with Crippen LogP contribution in [-0.4, -0.2) is 59.5 Å². The minimum absolute atomic E-state index is 0.132. The zero-order valence-electron chi connectivity index (χ0n) is 18.7. The van der Waals surface area contributed by atoms with Crippen LogP contribution in [-0.2, 0) is 17.8 Å². The number of rotatable bonds is 8. The molecule has 7 nitrogen and oxygen atoms in total. The molecule has 1 aliphatic rings. The standard InChI is InChI=1S/C25H30N4O3/c1-28(17-21-9-3-4-11-26-21)18-24(30)29-12-6-8-20(16-29)25-27-15-23(32-25)14-19-7-5-10-22(13-19)31-2/h3-5,7,9-11,13,15,20H,6,8,12,14,16-18H2,1-2H3. The summed E-state index contributed by atoms with van der Waals surface area (Å²) < 4.78 is 11.4. The van der Waals surface area contributed by atoms with Crippen LogP contribution in [0.4, 0.5) is 0 Å².